The molecule has 1 aliphatic carbocycles. The number of hydrogen-bond acceptors (Lipinski definition) is 2. The second-order valence-corrected chi connectivity index (χ2v) is 5.55. The highest BCUT2D eigenvalue weighted by Crippen LogP contribution is 2.54. The molecule has 1 aliphatic heterocycles. The highest BCUT2D eigenvalue weighted by Gasteiger charge is 2.53. The van der Waals surface area contributed by atoms with Crippen molar-refractivity contribution in [1.82, 2.24) is 4.90 Å². The number of benzene rings is 1. The summed E-state index contributed by atoms with van der Waals surface area (Å²) in [5.74, 6) is 2.71. The molecule has 1 saturated heterocycles. The van der Waals surface area contributed by atoms with E-state index < -0.39 is 0 Å². The molecule has 0 bridgehead atoms. The molecule has 1 aromatic rings. The van der Waals surface area contributed by atoms with Crippen LogP contribution in [-0.2, 0) is 11.3 Å². The summed E-state index contributed by atoms with van der Waals surface area (Å²) >= 11 is 0. The zero-order chi connectivity index (χ0) is 13.3. The van der Waals surface area contributed by atoms with Crippen LogP contribution in [0.1, 0.15) is 24.8 Å². The fourth-order valence-electron chi connectivity index (χ4n) is 2.74. The van der Waals surface area contributed by atoms with Crippen molar-refractivity contribution in [2.75, 3.05) is 6.54 Å². The van der Waals surface area contributed by atoms with Crippen molar-refractivity contribution in [2.45, 2.75) is 31.9 Å². The minimum Gasteiger partial charge on any atom is -0.445 e. The van der Waals surface area contributed by atoms with E-state index in [9.17, 15) is 4.79 Å². The highest BCUT2D eigenvalue weighted by atomic mass is 16.6. The Labute approximate surface area is 113 Å². The number of carbonyl (C=O) groups is 1. The number of nitrogens with zero attached hydrogens (tertiary/aromatic N) is 1. The fraction of sp³-hybridized carbons (Fsp3) is 0.438. The summed E-state index contributed by atoms with van der Waals surface area (Å²) in [5.41, 5.74) is 1.30. The van der Waals surface area contributed by atoms with E-state index in [-0.39, 0.29) is 12.1 Å². The van der Waals surface area contributed by atoms with Crippen LogP contribution < -0.4 is 0 Å². The van der Waals surface area contributed by atoms with Crippen LogP contribution in [0.15, 0.2) is 30.3 Å². The predicted molar refractivity (Wildman–Crippen MR) is 72.2 cm³/mol. The average molecular weight is 255 g/mol. The molecule has 19 heavy (non-hydrogen) atoms. The van der Waals surface area contributed by atoms with Gasteiger partial charge in [-0.15, -0.1) is 6.42 Å². The van der Waals surface area contributed by atoms with Gasteiger partial charge in [0.15, 0.2) is 0 Å². The molecule has 1 spiro atoms. The van der Waals surface area contributed by atoms with E-state index in [0.717, 1.165) is 18.5 Å². The predicted octanol–water partition coefficient (Wildman–Crippen LogP) is 2.81. The van der Waals surface area contributed by atoms with Gasteiger partial charge in [0.05, 0.1) is 6.04 Å². The SMILES string of the molecule is C#C[C@@H]1CC2(CC2)CN1C(=O)OCc1ccccc1. The van der Waals surface area contributed by atoms with Crippen LogP contribution in [0.3, 0.4) is 0 Å². The van der Waals surface area contributed by atoms with Gasteiger partial charge in [0.25, 0.3) is 0 Å². The molecule has 0 N–H and O–H groups in total. The van der Waals surface area contributed by atoms with Crippen molar-refractivity contribution in [3.8, 4) is 12.3 Å². The molecule has 1 aromatic carbocycles. The first-order valence-electron chi connectivity index (χ1n) is 6.66. The standard InChI is InChI=1S/C16H17NO2/c1-2-14-10-16(8-9-16)12-17(14)15(18)19-11-13-6-4-3-5-7-13/h1,3-7,14H,8-12H2/t14-/m1/s1. The molecule has 2 fully saturated rings. The first kappa shape index (κ1) is 12.1. The van der Waals surface area contributed by atoms with E-state index in [0.29, 0.717) is 12.0 Å². The van der Waals surface area contributed by atoms with E-state index in [1.165, 1.54) is 12.8 Å². The van der Waals surface area contributed by atoms with Crippen LogP contribution in [0.4, 0.5) is 4.79 Å². The summed E-state index contributed by atoms with van der Waals surface area (Å²) in [5, 5.41) is 0. The van der Waals surface area contributed by atoms with Crippen LogP contribution in [-0.4, -0.2) is 23.6 Å². The van der Waals surface area contributed by atoms with Gasteiger partial charge < -0.3 is 4.74 Å². The number of ether oxygens (including phenoxy) is 1. The van der Waals surface area contributed by atoms with Crippen LogP contribution in [0, 0.1) is 17.8 Å². The summed E-state index contributed by atoms with van der Waals surface area (Å²) in [4.78, 5) is 13.8. The third-order valence-corrected chi connectivity index (χ3v) is 4.10. The lowest BCUT2D eigenvalue weighted by atomic mass is 10.0. The maximum absolute atomic E-state index is 12.1. The molecule has 98 valence electrons. The van der Waals surface area contributed by atoms with Gasteiger partial charge in [-0.25, -0.2) is 4.79 Å². The molecule has 0 unspecified atom stereocenters. The van der Waals surface area contributed by atoms with Gasteiger partial charge in [0.1, 0.15) is 6.61 Å². The lowest BCUT2D eigenvalue weighted by molar-refractivity contribution is 0.0970. The van der Waals surface area contributed by atoms with Crippen molar-refractivity contribution in [3.63, 3.8) is 0 Å². The summed E-state index contributed by atoms with van der Waals surface area (Å²) in [6.45, 7) is 1.07. The molecule has 1 atom stereocenters. The Kier molecular flexibility index (Phi) is 2.94. The molecule has 1 saturated carbocycles. The minimum absolute atomic E-state index is 0.0919. The number of likely N-dealkylation sites (tertiary alicyclic amines) is 1. The topological polar surface area (TPSA) is 29.5 Å². The fourth-order valence-corrected chi connectivity index (χ4v) is 2.74. The van der Waals surface area contributed by atoms with Gasteiger partial charge >= 0.3 is 6.09 Å². The third-order valence-electron chi connectivity index (χ3n) is 4.10. The summed E-state index contributed by atoms with van der Waals surface area (Å²) in [6, 6.07) is 9.60. The Morgan fingerprint density at radius 1 is 1.42 bits per heavy atom. The summed E-state index contributed by atoms with van der Waals surface area (Å²) in [7, 11) is 0. The zero-order valence-electron chi connectivity index (χ0n) is 10.8. The Morgan fingerprint density at radius 3 is 2.79 bits per heavy atom. The average Bonchev–Trinajstić information content (AvgIpc) is 3.09. The first-order valence-corrected chi connectivity index (χ1v) is 6.66. The quantitative estimate of drug-likeness (QED) is 0.760. The van der Waals surface area contributed by atoms with Crippen LogP contribution in [0.25, 0.3) is 0 Å². The first-order chi connectivity index (χ1) is 9.22. The number of terminal acetylenes is 1. The second-order valence-electron chi connectivity index (χ2n) is 5.55. The van der Waals surface area contributed by atoms with Crippen LogP contribution in [0.5, 0.6) is 0 Å². The monoisotopic (exact) mass is 255 g/mol. The third kappa shape index (κ3) is 2.44. The Hall–Kier alpha value is -1.95. The lowest BCUT2D eigenvalue weighted by Gasteiger charge is -2.20. The van der Waals surface area contributed by atoms with Crippen molar-refractivity contribution < 1.29 is 9.53 Å². The van der Waals surface area contributed by atoms with E-state index in [2.05, 4.69) is 5.92 Å². The number of hydrogen-bond donors (Lipinski definition) is 0. The van der Waals surface area contributed by atoms with Gasteiger partial charge in [0.2, 0.25) is 0 Å². The van der Waals surface area contributed by atoms with Crippen molar-refractivity contribution in [3.05, 3.63) is 35.9 Å². The minimum atomic E-state index is -0.282. The number of carbonyl (C=O) groups excluding carboxylic acids is 1. The summed E-state index contributed by atoms with van der Waals surface area (Å²) in [6.07, 6.45) is 8.55. The molecule has 0 aromatic heterocycles. The van der Waals surface area contributed by atoms with Crippen molar-refractivity contribution in [1.29, 1.82) is 0 Å². The second kappa shape index (κ2) is 4.62. The molecule has 3 heteroatoms. The molecule has 1 amide bonds. The molecular weight excluding hydrogens is 238 g/mol. The van der Waals surface area contributed by atoms with Crippen LogP contribution in [0.2, 0.25) is 0 Å². The zero-order valence-corrected chi connectivity index (χ0v) is 10.8. The molecule has 2 aliphatic rings. The van der Waals surface area contributed by atoms with Crippen LogP contribution >= 0.6 is 0 Å². The smallest absolute Gasteiger partial charge is 0.411 e. The van der Waals surface area contributed by atoms with Crippen molar-refractivity contribution >= 4 is 6.09 Å². The van der Waals surface area contributed by atoms with E-state index in [1.807, 2.05) is 30.3 Å². The molecule has 3 rings (SSSR count). The van der Waals surface area contributed by atoms with E-state index >= 15 is 0 Å². The Bertz CT molecular complexity index is 513. The Morgan fingerprint density at radius 2 is 2.16 bits per heavy atom. The number of rotatable bonds is 2. The highest BCUT2D eigenvalue weighted by molar-refractivity contribution is 5.69. The lowest BCUT2D eigenvalue weighted by Crippen LogP contribution is -2.35. The van der Waals surface area contributed by atoms with Gasteiger partial charge in [0, 0.05) is 6.54 Å². The van der Waals surface area contributed by atoms with Gasteiger partial charge in [-0.05, 0) is 30.2 Å². The van der Waals surface area contributed by atoms with E-state index in [4.69, 9.17) is 11.2 Å². The molecule has 1 heterocycles. The van der Waals surface area contributed by atoms with Gasteiger partial charge in [-0.1, -0.05) is 36.3 Å². The largest absolute Gasteiger partial charge is 0.445 e. The summed E-state index contributed by atoms with van der Waals surface area (Å²) < 4.78 is 5.36. The Balaban J connectivity index is 1.60. The van der Waals surface area contributed by atoms with Crippen molar-refractivity contribution in [2.24, 2.45) is 5.41 Å². The normalized spacial score (nSPS) is 23.1. The molecule has 0 radical (unpaired) electrons. The van der Waals surface area contributed by atoms with E-state index in [1.54, 1.807) is 4.90 Å². The maximum atomic E-state index is 12.1. The molecule has 3 nitrogen and oxygen atoms in total. The molecular formula is C16H17NO2. The maximum Gasteiger partial charge on any atom is 0.411 e. The number of amides is 1. The van der Waals surface area contributed by atoms with Gasteiger partial charge in [-0.2, -0.15) is 0 Å². The van der Waals surface area contributed by atoms with Gasteiger partial charge in [-0.3, -0.25) is 4.90 Å².